The van der Waals surface area contributed by atoms with Crippen LogP contribution in [0.2, 0.25) is 0 Å². The first kappa shape index (κ1) is 27.5. The van der Waals surface area contributed by atoms with Crippen molar-refractivity contribution < 1.29 is 27.5 Å². The van der Waals surface area contributed by atoms with Crippen molar-refractivity contribution in [1.82, 2.24) is 9.88 Å². The van der Waals surface area contributed by atoms with Crippen molar-refractivity contribution in [3.8, 4) is 0 Å². The molecule has 1 amide bonds. The van der Waals surface area contributed by atoms with E-state index >= 15 is 0 Å². The molecule has 4 unspecified atom stereocenters. The fourth-order valence-electron chi connectivity index (χ4n) is 9.02. The van der Waals surface area contributed by atoms with Crippen LogP contribution in [-0.2, 0) is 14.3 Å². The molecule has 1 saturated heterocycles. The summed E-state index contributed by atoms with van der Waals surface area (Å²) in [4.78, 5) is 29.6. The van der Waals surface area contributed by atoms with Crippen LogP contribution in [0, 0.1) is 34.5 Å². The molecule has 6 atom stereocenters. The Balaban J connectivity index is 1.08. The third-order valence-electron chi connectivity index (χ3n) is 11.3. The molecule has 1 aromatic heterocycles. The summed E-state index contributed by atoms with van der Waals surface area (Å²) in [6.07, 6.45) is 11.2. The molecule has 216 valence electrons. The number of fused-ring (bicyclic) bond motifs is 5. The maximum atomic E-state index is 12.9. The molecule has 4 aliphatic carbocycles. The number of halogens is 3. The van der Waals surface area contributed by atoms with E-state index in [9.17, 15) is 22.8 Å². The Bertz CT molecular complexity index is 1220. The van der Waals surface area contributed by atoms with Gasteiger partial charge in [0.25, 0.3) is 0 Å². The zero-order valence-electron chi connectivity index (χ0n) is 23.4. The number of hydrogen-bond donors (Lipinski definition) is 0. The van der Waals surface area contributed by atoms with Gasteiger partial charge in [-0.15, -0.1) is 0 Å². The zero-order chi connectivity index (χ0) is 28.3. The summed E-state index contributed by atoms with van der Waals surface area (Å²) in [6, 6.07) is 4.21. The third kappa shape index (κ3) is 4.59. The number of carbonyl (C=O) groups excluding carboxylic acids is 2. The summed E-state index contributed by atoms with van der Waals surface area (Å²) < 4.78 is 44.2. The van der Waals surface area contributed by atoms with Gasteiger partial charge in [0.15, 0.2) is 0 Å². The van der Waals surface area contributed by atoms with E-state index in [2.05, 4.69) is 37.0 Å². The lowest BCUT2D eigenvalue weighted by molar-refractivity contribution is -0.187. The molecule has 0 N–H and O–H groups in total. The molecule has 5 aliphatic rings. The average Bonchev–Trinajstić information content (AvgIpc) is 3.30. The number of carbonyl (C=O) groups is 2. The Morgan fingerprint density at radius 3 is 2.45 bits per heavy atom. The number of ether oxygens (including phenoxy) is 1. The number of nitrogens with zero attached hydrogens (tertiary/aromatic N) is 2. The van der Waals surface area contributed by atoms with Gasteiger partial charge < -0.3 is 9.64 Å². The minimum atomic E-state index is -4.87. The number of hydrogen-bond acceptors (Lipinski definition) is 4. The minimum Gasteiger partial charge on any atom is -0.462 e. The number of amides is 1. The number of likely N-dealkylation sites (tertiary alicyclic amines) is 1. The van der Waals surface area contributed by atoms with Crippen LogP contribution in [0.15, 0.2) is 42.3 Å². The van der Waals surface area contributed by atoms with E-state index in [0.29, 0.717) is 17.8 Å². The van der Waals surface area contributed by atoms with Crippen molar-refractivity contribution in [3.05, 3.63) is 47.8 Å². The first-order valence-corrected chi connectivity index (χ1v) is 14.9. The molecule has 8 heteroatoms. The number of aromatic nitrogens is 1. The largest absolute Gasteiger partial charge is 0.471 e. The predicted molar refractivity (Wildman–Crippen MR) is 145 cm³/mol. The van der Waals surface area contributed by atoms with Crippen LogP contribution in [0.5, 0.6) is 0 Å². The molecular weight excluding hydrogens is 517 g/mol. The number of esters is 1. The Morgan fingerprint density at radius 2 is 1.75 bits per heavy atom. The summed E-state index contributed by atoms with van der Waals surface area (Å²) in [5.41, 5.74) is 4.44. The van der Waals surface area contributed by atoms with Gasteiger partial charge in [-0.05, 0) is 97.2 Å². The van der Waals surface area contributed by atoms with Crippen LogP contribution in [0.3, 0.4) is 0 Å². The minimum absolute atomic E-state index is 0.0630. The highest BCUT2D eigenvalue weighted by Gasteiger charge is 2.57. The molecule has 0 spiro atoms. The second-order valence-corrected chi connectivity index (χ2v) is 13.2. The topological polar surface area (TPSA) is 59.5 Å². The lowest BCUT2D eigenvalue weighted by Gasteiger charge is -2.58. The predicted octanol–water partition coefficient (Wildman–Crippen LogP) is 6.75. The van der Waals surface area contributed by atoms with Crippen LogP contribution in [0.25, 0.3) is 5.57 Å². The number of alkyl halides is 3. The quantitative estimate of drug-likeness (QED) is 0.305. The van der Waals surface area contributed by atoms with Gasteiger partial charge in [-0.3, -0.25) is 14.6 Å². The summed E-state index contributed by atoms with van der Waals surface area (Å²) in [6.45, 7) is 4.76. The molecular formula is C32H39F3N2O3. The smallest absolute Gasteiger partial charge is 0.462 e. The van der Waals surface area contributed by atoms with Crippen molar-refractivity contribution in [1.29, 1.82) is 0 Å². The van der Waals surface area contributed by atoms with E-state index in [-0.39, 0.29) is 48.8 Å². The highest BCUT2D eigenvalue weighted by atomic mass is 19.4. The first-order chi connectivity index (χ1) is 19.0. The molecule has 40 heavy (non-hydrogen) atoms. The van der Waals surface area contributed by atoms with Gasteiger partial charge in [-0.1, -0.05) is 37.6 Å². The van der Waals surface area contributed by atoms with E-state index in [1.807, 2.05) is 18.5 Å². The first-order valence-electron chi connectivity index (χ1n) is 14.9. The number of allylic oxidation sites excluding steroid dienone is 3. The lowest BCUT2D eigenvalue weighted by Crippen LogP contribution is -2.50. The SMILES string of the molecule is CC12CCC(OC(=O)C3CCN(C(=O)C(F)(F)F)CC3)CC1=CCC1[C@@H]2CCC2(C)C(c3cccnc3)=CC[C@@H]12. The second-order valence-electron chi connectivity index (χ2n) is 13.2. The Kier molecular flexibility index (Phi) is 6.89. The molecule has 2 saturated carbocycles. The van der Waals surface area contributed by atoms with E-state index in [1.54, 1.807) is 0 Å². The van der Waals surface area contributed by atoms with Gasteiger partial charge in [0.2, 0.25) is 0 Å². The summed E-state index contributed by atoms with van der Waals surface area (Å²) in [5.74, 6) is -0.702. The van der Waals surface area contributed by atoms with Gasteiger partial charge in [-0.25, -0.2) is 0 Å². The highest BCUT2D eigenvalue weighted by Crippen LogP contribution is 2.66. The molecule has 2 heterocycles. The van der Waals surface area contributed by atoms with Gasteiger partial charge >= 0.3 is 18.1 Å². The molecule has 0 aromatic carbocycles. The number of pyridine rings is 1. The van der Waals surface area contributed by atoms with Crippen molar-refractivity contribution in [2.24, 2.45) is 34.5 Å². The Hall–Kier alpha value is -2.64. The van der Waals surface area contributed by atoms with Crippen LogP contribution >= 0.6 is 0 Å². The van der Waals surface area contributed by atoms with Crippen molar-refractivity contribution in [2.75, 3.05) is 13.1 Å². The van der Waals surface area contributed by atoms with Crippen LogP contribution < -0.4 is 0 Å². The number of piperidine rings is 1. The summed E-state index contributed by atoms with van der Waals surface area (Å²) in [5, 5.41) is 0. The van der Waals surface area contributed by atoms with Crippen LogP contribution in [0.4, 0.5) is 13.2 Å². The molecule has 1 aliphatic heterocycles. The van der Waals surface area contributed by atoms with E-state index in [1.165, 1.54) is 29.6 Å². The molecule has 6 rings (SSSR count). The zero-order valence-corrected chi connectivity index (χ0v) is 23.4. The Morgan fingerprint density at radius 1 is 1.00 bits per heavy atom. The Labute approximate surface area is 234 Å². The monoisotopic (exact) mass is 556 g/mol. The maximum Gasteiger partial charge on any atom is 0.471 e. The van der Waals surface area contributed by atoms with Gasteiger partial charge in [0.05, 0.1) is 5.92 Å². The standard InChI is InChI=1S/C32H39F3N2O3/c1-30-13-9-23(40-28(38)20-11-16-37(17-12-20)29(39)32(33,34)35)18-22(30)5-6-24-26-8-7-25(21-4-3-15-36-19-21)31(26,2)14-10-27(24)30/h3-5,7,15,19-20,23-24,26-27H,6,8-14,16-18H2,1-2H3/t23?,24?,26-,27-,30?,31?/m0/s1. The molecule has 3 fully saturated rings. The fraction of sp³-hybridized carbons (Fsp3) is 0.656. The van der Waals surface area contributed by atoms with Crippen molar-refractivity contribution in [3.63, 3.8) is 0 Å². The van der Waals surface area contributed by atoms with E-state index in [4.69, 9.17) is 4.74 Å². The van der Waals surface area contributed by atoms with Gasteiger partial charge in [0.1, 0.15) is 6.10 Å². The summed E-state index contributed by atoms with van der Waals surface area (Å²) in [7, 11) is 0. The average molecular weight is 557 g/mol. The highest BCUT2D eigenvalue weighted by molar-refractivity contribution is 5.82. The number of rotatable bonds is 3. The van der Waals surface area contributed by atoms with Crippen molar-refractivity contribution >= 4 is 17.4 Å². The normalized spacial score (nSPS) is 36.1. The molecule has 1 aromatic rings. The summed E-state index contributed by atoms with van der Waals surface area (Å²) >= 11 is 0. The van der Waals surface area contributed by atoms with E-state index < -0.39 is 18.0 Å². The molecule has 5 nitrogen and oxygen atoms in total. The third-order valence-corrected chi connectivity index (χ3v) is 11.3. The van der Waals surface area contributed by atoms with Gasteiger partial charge in [0, 0.05) is 31.9 Å². The van der Waals surface area contributed by atoms with E-state index in [0.717, 1.165) is 37.0 Å². The lowest BCUT2D eigenvalue weighted by atomic mass is 9.47. The van der Waals surface area contributed by atoms with Crippen LogP contribution in [-0.4, -0.2) is 47.1 Å². The fourth-order valence-corrected chi connectivity index (χ4v) is 9.02. The van der Waals surface area contributed by atoms with Crippen LogP contribution in [0.1, 0.15) is 77.2 Å². The van der Waals surface area contributed by atoms with Gasteiger partial charge in [-0.2, -0.15) is 13.2 Å². The van der Waals surface area contributed by atoms with Crippen molar-refractivity contribution in [2.45, 2.75) is 83.9 Å². The molecule has 0 radical (unpaired) electrons. The molecule has 0 bridgehead atoms. The maximum absolute atomic E-state index is 12.9. The second kappa shape index (κ2) is 10.0.